The Morgan fingerprint density at radius 2 is 1.78 bits per heavy atom. The Bertz CT molecular complexity index is 1290. The molecule has 1 aromatic heterocycles. The summed E-state index contributed by atoms with van der Waals surface area (Å²) in [4.78, 5) is 45.4. The van der Waals surface area contributed by atoms with Crippen molar-refractivity contribution in [1.29, 1.82) is 0 Å². The molecule has 36 heavy (non-hydrogen) atoms. The van der Waals surface area contributed by atoms with Crippen molar-refractivity contribution in [3.05, 3.63) is 71.5 Å². The molecule has 9 heteroatoms. The van der Waals surface area contributed by atoms with E-state index in [0.717, 1.165) is 36.7 Å². The second kappa shape index (κ2) is 10.6. The fourth-order valence-corrected chi connectivity index (χ4v) is 4.99. The zero-order valence-corrected chi connectivity index (χ0v) is 20.4. The number of likely N-dealkylation sites (tertiary alicyclic amines) is 1. The van der Waals surface area contributed by atoms with Crippen molar-refractivity contribution in [2.45, 2.75) is 43.9 Å². The highest BCUT2D eigenvalue weighted by molar-refractivity contribution is 6.30. The van der Waals surface area contributed by atoms with E-state index >= 15 is 0 Å². The highest BCUT2D eigenvalue weighted by Crippen LogP contribution is 2.27. The van der Waals surface area contributed by atoms with Gasteiger partial charge in [-0.15, -0.1) is 0 Å². The van der Waals surface area contributed by atoms with E-state index in [2.05, 4.69) is 15.6 Å². The summed E-state index contributed by atoms with van der Waals surface area (Å²) in [5.41, 5.74) is 1.07. The van der Waals surface area contributed by atoms with Gasteiger partial charge in [0.25, 0.3) is 11.8 Å². The van der Waals surface area contributed by atoms with Crippen LogP contribution in [0.1, 0.15) is 37.3 Å². The van der Waals surface area contributed by atoms with E-state index in [-0.39, 0.29) is 5.91 Å². The summed E-state index contributed by atoms with van der Waals surface area (Å²) < 4.78 is 5.84. The maximum absolute atomic E-state index is 13.5. The van der Waals surface area contributed by atoms with Gasteiger partial charge in [0.1, 0.15) is 18.2 Å². The number of fused-ring (bicyclic) bond motifs is 1. The molecule has 2 aliphatic rings. The molecule has 0 saturated carbocycles. The average molecular weight is 507 g/mol. The molecule has 3 heterocycles. The zero-order chi connectivity index (χ0) is 25.1. The van der Waals surface area contributed by atoms with E-state index in [0.29, 0.717) is 29.1 Å². The molecule has 0 radical (unpaired) electrons. The second-order valence-corrected chi connectivity index (χ2v) is 9.55. The lowest BCUT2D eigenvalue weighted by Crippen LogP contribution is -2.43. The Hall–Kier alpha value is -3.49. The fraction of sp³-hybridized carbons (Fsp3) is 0.333. The third-order valence-electron chi connectivity index (χ3n) is 6.66. The van der Waals surface area contributed by atoms with Gasteiger partial charge in [-0.1, -0.05) is 48.0 Å². The number of rotatable bonds is 6. The van der Waals surface area contributed by atoms with Gasteiger partial charge < -0.3 is 20.3 Å². The first kappa shape index (κ1) is 24.2. The maximum Gasteiger partial charge on any atom is 0.251 e. The number of nitrogens with one attached hydrogen (secondary N) is 2. The molecule has 0 aliphatic carbocycles. The lowest BCUT2D eigenvalue weighted by atomic mass is 10.0. The topological polar surface area (TPSA) is 101 Å². The molecule has 3 amide bonds. The van der Waals surface area contributed by atoms with Crippen LogP contribution in [0.3, 0.4) is 0 Å². The summed E-state index contributed by atoms with van der Waals surface area (Å²) in [5, 5.41) is 7.88. The van der Waals surface area contributed by atoms with Crippen molar-refractivity contribution in [2.24, 2.45) is 0 Å². The minimum atomic E-state index is -1.02. The normalized spacial score (nSPS) is 20.3. The van der Waals surface area contributed by atoms with Crippen LogP contribution in [0.5, 0.6) is 0 Å². The van der Waals surface area contributed by atoms with Crippen LogP contribution in [-0.2, 0) is 19.1 Å². The van der Waals surface area contributed by atoms with Crippen LogP contribution >= 0.6 is 11.6 Å². The quantitative estimate of drug-likeness (QED) is 0.529. The summed E-state index contributed by atoms with van der Waals surface area (Å²) in [6.45, 7) is 1.46. The molecule has 2 N–H and O–H groups in total. The predicted octanol–water partition coefficient (Wildman–Crippen LogP) is 3.85. The number of amides is 3. The van der Waals surface area contributed by atoms with Crippen molar-refractivity contribution in [3.8, 4) is 0 Å². The first-order chi connectivity index (χ1) is 17.5. The van der Waals surface area contributed by atoms with Gasteiger partial charge in [0.15, 0.2) is 0 Å². The van der Waals surface area contributed by atoms with Crippen LogP contribution in [0, 0.1) is 0 Å². The Morgan fingerprint density at radius 3 is 2.58 bits per heavy atom. The number of pyridine rings is 1. The van der Waals surface area contributed by atoms with E-state index in [1.165, 1.54) is 0 Å². The number of ether oxygens (including phenoxy) is 1. The van der Waals surface area contributed by atoms with Gasteiger partial charge in [-0.3, -0.25) is 19.4 Å². The Morgan fingerprint density at radius 1 is 1.00 bits per heavy atom. The van der Waals surface area contributed by atoms with Crippen LogP contribution in [0.2, 0.25) is 5.02 Å². The number of carbonyl (C=O) groups is 3. The largest absolute Gasteiger partial charge is 0.355 e. The molecule has 3 atom stereocenters. The van der Waals surface area contributed by atoms with Gasteiger partial charge >= 0.3 is 0 Å². The number of hydrogen-bond donors (Lipinski definition) is 2. The number of anilines is 1. The second-order valence-electron chi connectivity index (χ2n) is 9.12. The summed E-state index contributed by atoms with van der Waals surface area (Å²) >= 11 is 6.19. The van der Waals surface area contributed by atoms with E-state index in [9.17, 15) is 14.4 Å². The molecule has 2 aromatic carbocycles. The molecule has 3 aromatic rings. The third kappa shape index (κ3) is 5.20. The molecule has 186 valence electrons. The van der Waals surface area contributed by atoms with Crippen molar-refractivity contribution < 1.29 is 19.1 Å². The summed E-state index contributed by atoms with van der Waals surface area (Å²) in [5.74, 6) is -0.940. The minimum Gasteiger partial charge on any atom is -0.355 e. The standard InChI is InChI=1S/C27H27ClN4O4/c28-19-8-5-7-17(14-19)24(26(34)30-21-16-29-15-18-6-1-2-9-20(18)21)31-25(33)22-10-11-23(36-22)27(35)32-12-3-4-13-32/h1-2,5-9,14-16,22-24H,3-4,10-13H2,(H,30,34)(H,31,33)/t22-,23-,24?/m0/s1. The van der Waals surface area contributed by atoms with E-state index in [1.54, 1.807) is 41.6 Å². The number of carbonyl (C=O) groups excluding carboxylic acids is 3. The molecule has 0 spiro atoms. The summed E-state index contributed by atoms with van der Waals surface area (Å²) in [6, 6.07) is 13.3. The highest BCUT2D eigenvalue weighted by Gasteiger charge is 2.38. The van der Waals surface area contributed by atoms with Crippen molar-refractivity contribution in [1.82, 2.24) is 15.2 Å². The van der Waals surface area contributed by atoms with Crippen LogP contribution in [0.15, 0.2) is 60.9 Å². The van der Waals surface area contributed by atoms with E-state index < -0.39 is 30.1 Å². The lowest BCUT2D eigenvalue weighted by Gasteiger charge is -2.22. The zero-order valence-electron chi connectivity index (χ0n) is 19.7. The fourth-order valence-electron chi connectivity index (χ4n) is 4.80. The van der Waals surface area contributed by atoms with Gasteiger partial charge in [-0.2, -0.15) is 0 Å². The van der Waals surface area contributed by atoms with Crippen LogP contribution < -0.4 is 10.6 Å². The molecule has 2 aliphatic heterocycles. The third-order valence-corrected chi connectivity index (χ3v) is 6.90. The van der Waals surface area contributed by atoms with Crippen molar-refractivity contribution in [3.63, 3.8) is 0 Å². The Labute approximate surface area is 214 Å². The smallest absolute Gasteiger partial charge is 0.251 e. The van der Waals surface area contributed by atoms with Gasteiger partial charge in [-0.05, 0) is 43.4 Å². The Kier molecular flexibility index (Phi) is 7.16. The first-order valence-corrected chi connectivity index (χ1v) is 12.5. The first-order valence-electron chi connectivity index (χ1n) is 12.1. The molecule has 8 nitrogen and oxygen atoms in total. The van der Waals surface area contributed by atoms with Gasteiger partial charge in [0.2, 0.25) is 5.91 Å². The molecule has 0 bridgehead atoms. The number of nitrogens with zero attached hydrogens (tertiary/aromatic N) is 2. The van der Waals surface area contributed by atoms with Crippen LogP contribution in [0.4, 0.5) is 5.69 Å². The molecule has 5 rings (SSSR count). The Balaban J connectivity index is 1.33. The predicted molar refractivity (Wildman–Crippen MR) is 136 cm³/mol. The average Bonchev–Trinajstić information content (AvgIpc) is 3.60. The minimum absolute atomic E-state index is 0.0598. The van der Waals surface area contributed by atoms with Crippen molar-refractivity contribution >= 4 is 45.8 Å². The van der Waals surface area contributed by atoms with Crippen LogP contribution in [0.25, 0.3) is 10.8 Å². The van der Waals surface area contributed by atoms with Gasteiger partial charge in [0, 0.05) is 35.1 Å². The number of aromatic nitrogens is 1. The van der Waals surface area contributed by atoms with Gasteiger partial charge in [-0.25, -0.2) is 0 Å². The lowest BCUT2D eigenvalue weighted by molar-refractivity contribution is -0.146. The maximum atomic E-state index is 13.5. The number of hydrogen-bond acceptors (Lipinski definition) is 5. The highest BCUT2D eigenvalue weighted by atomic mass is 35.5. The molecular weight excluding hydrogens is 480 g/mol. The number of benzene rings is 2. The van der Waals surface area contributed by atoms with E-state index in [1.807, 2.05) is 24.3 Å². The summed E-state index contributed by atoms with van der Waals surface area (Å²) in [7, 11) is 0. The molecule has 2 fully saturated rings. The van der Waals surface area contributed by atoms with Gasteiger partial charge in [0.05, 0.1) is 11.9 Å². The van der Waals surface area contributed by atoms with Crippen molar-refractivity contribution in [2.75, 3.05) is 18.4 Å². The SMILES string of the molecule is O=C(Nc1cncc2ccccc12)C(NC(=O)[C@@H]1CC[C@@H](C(=O)N2CCCC2)O1)c1cccc(Cl)c1. The molecule has 1 unspecified atom stereocenters. The summed E-state index contributed by atoms with van der Waals surface area (Å²) in [6.07, 6.45) is 4.73. The van der Waals surface area contributed by atoms with E-state index in [4.69, 9.17) is 16.3 Å². The van der Waals surface area contributed by atoms with Crippen LogP contribution in [-0.4, -0.2) is 52.9 Å². The number of halogens is 1. The monoisotopic (exact) mass is 506 g/mol. The molecule has 2 saturated heterocycles. The molecular formula is C27H27ClN4O4.